The molecule has 0 saturated heterocycles. The minimum atomic E-state index is 0.130. The summed E-state index contributed by atoms with van der Waals surface area (Å²) in [5.41, 5.74) is 3.30. The summed E-state index contributed by atoms with van der Waals surface area (Å²) in [4.78, 5) is 24.1. The van der Waals surface area contributed by atoms with Crippen LogP contribution in [0.2, 0.25) is 0 Å². The highest BCUT2D eigenvalue weighted by Crippen LogP contribution is 2.34. The van der Waals surface area contributed by atoms with Crippen LogP contribution >= 0.6 is 11.3 Å². The second-order valence-corrected chi connectivity index (χ2v) is 7.93. The van der Waals surface area contributed by atoms with Crippen LogP contribution in [-0.4, -0.2) is 15.9 Å². The summed E-state index contributed by atoms with van der Waals surface area (Å²) in [6.45, 7) is 2.69. The molecule has 1 aliphatic rings. The molecule has 2 aromatic heterocycles. The van der Waals surface area contributed by atoms with E-state index in [0.717, 1.165) is 53.0 Å². The molecule has 0 radical (unpaired) electrons. The molecule has 0 aliphatic heterocycles. The molecule has 0 bridgehead atoms. The summed E-state index contributed by atoms with van der Waals surface area (Å²) >= 11 is 1.61. The maximum absolute atomic E-state index is 13.2. The maximum atomic E-state index is 13.2. The molecule has 0 unspecified atom stereocenters. The van der Waals surface area contributed by atoms with Gasteiger partial charge in [0, 0.05) is 18.3 Å². The fourth-order valence-electron chi connectivity index (χ4n) is 3.60. The number of nitrogens with zero attached hydrogens (tertiary/aromatic N) is 3. The van der Waals surface area contributed by atoms with E-state index < -0.39 is 0 Å². The zero-order chi connectivity index (χ0) is 17.9. The average Bonchev–Trinajstić information content (AvgIpc) is 3.35. The normalized spacial score (nSPS) is 14.8. The van der Waals surface area contributed by atoms with Gasteiger partial charge in [0.05, 0.1) is 16.8 Å². The van der Waals surface area contributed by atoms with E-state index in [0.29, 0.717) is 6.54 Å². The van der Waals surface area contributed by atoms with Crippen LogP contribution in [0.4, 0.5) is 5.13 Å². The number of hydrogen-bond acceptors (Lipinski definition) is 4. The molecule has 2 heterocycles. The number of carbonyl (C=O) groups is 1. The van der Waals surface area contributed by atoms with Gasteiger partial charge in [-0.05, 0) is 48.6 Å². The number of fused-ring (bicyclic) bond motifs is 1. The Morgan fingerprint density at radius 2 is 2.08 bits per heavy atom. The minimum Gasteiger partial charge on any atom is -0.283 e. The fraction of sp³-hybridized carbons (Fsp3) is 0.381. The first-order valence-electron chi connectivity index (χ1n) is 9.34. The van der Waals surface area contributed by atoms with Gasteiger partial charge in [0.25, 0.3) is 0 Å². The summed E-state index contributed by atoms with van der Waals surface area (Å²) < 4.78 is 1.15. The number of aromatic nitrogens is 2. The number of pyridine rings is 1. The van der Waals surface area contributed by atoms with Gasteiger partial charge >= 0.3 is 0 Å². The Bertz CT molecular complexity index is 900. The Kier molecular flexibility index (Phi) is 4.98. The van der Waals surface area contributed by atoms with Gasteiger partial charge in [-0.1, -0.05) is 43.2 Å². The lowest BCUT2D eigenvalue weighted by molar-refractivity contribution is -0.122. The van der Waals surface area contributed by atoms with Crippen molar-refractivity contribution >= 4 is 32.6 Å². The van der Waals surface area contributed by atoms with E-state index in [9.17, 15) is 4.79 Å². The van der Waals surface area contributed by atoms with Crippen molar-refractivity contribution in [3.05, 3.63) is 53.9 Å². The number of hydrogen-bond donors (Lipinski definition) is 0. The van der Waals surface area contributed by atoms with Crippen molar-refractivity contribution in [2.75, 3.05) is 4.90 Å². The molecule has 0 N–H and O–H groups in total. The molecule has 5 heteroatoms. The Hall–Kier alpha value is -2.27. The molecular formula is C21H23N3OS. The number of anilines is 1. The zero-order valence-electron chi connectivity index (χ0n) is 15.0. The van der Waals surface area contributed by atoms with Crippen molar-refractivity contribution in [1.29, 1.82) is 0 Å². The highest BCUT2D eigenvalue weighted by Gasteiger charge is 2.30. The topological polar surface area (TPSA) is 46.1 Å². The third-order valence-corrected chi connectivity index (χ3v) is 6.16. The number of amides is 1. The van der Waals surface area contributed by atoms with Crippen LogP contribution in [0, 0.1) is 5.92 Å². The van der Waals surface area contributed by atoms with Crippen LogP contribution in [0.15, 0.2) is 42.7 Å². The summed E-state index contributed by atoms with van der Waals surface area (Å²) in [6.07, 6.45) is 8.88. The van der Waals surface area contributed by atoms with E-state index in [-0.39, 0.29) is 11.8 Å². The van der Waals surface area contributed by atoms with Crippen LogP contribution in [-0.2, 0) is 17.8 Å². The predicted octanol–water partition coefficient (Wildman–Crippen LogP) is 4.98. The minimum absolute atomic E-state index is 0.130. The van der Waals surface area contributed by atoms with E-state index in [2.05, 4.69) is 30.1 Å². The molecule has 134 valence electrons. The van der Waals surface area contributed by atoms with Crippen molar-refractivity contribution in [1.82, 2.24) is 9.97 Å². The number of rotatable bonds is 5. The largest absolute Gasteiger partial charge is 0.283 e. The predicted molar refractivity (Wildman–Crippen MR) is 106 cm³/mol. The van der Waals surface area contributed by atoms with Crippen molar-refractivity contribution in [2.45, 2.75) is 45.6 Å². The molecule has 0 spiro atoms. The van der Waals surface area contributed by atoms with Gasteiger partial charge < -0.3 is 0 Å². The van der Waals surface area contributed by atoms with Gasteiger partial charge in [-0.25, -0.2) is 4.98 Å². The van der Waals surface area contributed by atoms with Gasteiger partial charge in [-0.3, -0.25) is 14.7 Å². The van der Waals surface area contributed by atoms with Crippen LogP contribution < -0.4 is 4.90 Å². The number of carbonyl (C=O) groups excluding carboxylic acids is 1. The first-order valence-corrected chi connectivity index (χ1v) is 10.2. The smallest absolute Gasteiger partial charge is 0.232 e. The van der Waals surface area contributed by atoms with E-state index in [1.165, 1.54) is 5.56 Å². The van der Waals surface area contributed by atoms with Crippen molar-refractivity contribution in [3.8, 4) is 0 Å². The molecule has 1 amide bonds. The highest BCUT2D eigenvalue weighted by molar-refractivity contribution is 7.22. The Morgan fingerprint density at radius 1 is 1.23 bits per heavy atom. The number of thiazole rings is 1. The molecule has 1 saturated carbocycles. The molecular weight excluding hydrogens is 342 g/mol. The summed E-state index contributed by atoms with van der Waals surface area (Å²) in [7, 11) is 0. The van der Waals surface area contributed by atoms with Gasteiger partial charge in [0.1, 0.15) is 0 Å². The highest BCUT2D eigenvalue weighted by atomic mass is 32.1. The Morgan fingerprint density at radius 3 is 2.81 bits per heavy atom. The standard InChI is InChI=1S/C21H23N3OS/c1-2-15-9-10-18-19(12-15)26-21(23-18)24(14-16-6-5-11-22-13-16)20(25)17-7-3-4-8-17/h5-6,9-13,17H,2-4,7-8,14H2,1H3. The van der Waals surface area contributed by atoms with Gasteiger partial charge in [-0.15, -0.1) is 0 Å². The van der Waals surface area contributed by atoms with Gasteiger partial charge in [-0.2, -0.15) is 0 Å². The molecule has 4 rings (SSSR count). The monoisotopic (exact) mass is 365 g/mol. The van der Waals surface area contributed by atoms with Crippen molar-refractivity contribution in [3.63, 3.8) is 0 Å². The SMILES string of the molecule is CCc1ccc2nc(N(Cc3cccnc3)C(=O)C3CCCC3)sc2c1. The Balaban J connectivity index is 1.70. The van der Waals surface area contributed by atoms with Crippen LogP contribution in [0.25, 0.3) is 10.2 Å². The van der Waals surface area contributed by atoms with Gasteiger partial charge in [0.2, 0.25) is 5.91 Å². The summed E-state index contributed by atoms with van der Waals surface area (Å²) in [5.74, 6) is 0.339. The lowest BCUT2D eigenvalue weighted by atomic mass is 10.1. The maximum Gasteiger partial charge on any atom is 0.232 e. The second-order valence-electron chi connectivity index (χ2n) is 6.92. The van der Waals surface area contributed by atoms with E-state index in [1.807, 2.05) is 23.2 Å². The first kappa shape index (κ1) is 17.2. The first-order chi connectivity index (χ1) is 12.7. The van der Waals surface area contributed by atoms with E-state index in [4.69, 9.17) is 4.98 Å². The molecule has 1 aromatic carbocycles. The Labute approximate surface area is 157 Å². The summed E-state index contributed by atoms with van der Waals surface area (Å²) in [5, 5.41) is 0.800. The average molecular weight is 366 g/mol. The lowest BCUT2D eigenvalue weighted by Crippen LogP contribution is -2.34. The van der Waals surface area contributed by atoms with Crippen LogP contribution in [0.1, 0.15) is 43.7 Å². The van der Waals surface area contributed by atoms with Gasteiger partial charge in [0.15, 0.2) is 5.13 Å². The van der Waals surface area contributed by atoms with E-state index >= 15 is 0 Å². The zero-order valence-corrected chi connectivity index (χ0v) is 15.8. The fourth-order valence-corrected chi connectivity index (χ4v) is 4.63. The third-order valence-electron chi connectivity index (χ3n) is 5.11. The second kappa shape index (κ2) is 7.54. The molecule has 3 aromatic rings. The van der Waals surface area contributed by atoms with Crippen molar-refractivity contribution in [2.24, 2.45) is 5.92 Å². The van der Waals surface area contributed by atoms with Crippen LogP contribution in [0.5, 0.6) is 0 Å². The number of benzene rings is 1. The third kappa shape index (κ3) is 3.49. The quantitative estimate of drug-likeness (QED) is 0.641. The summed E-state index contributed by atoms with van der Waals surface area (Å²) in [6, 6.07) is 10.3. The molecule has 1 fully saturated rings. The molecule has 1 aliphatic carbocycles. The molecule has 26 heavy (non-hydrogen) atoms. The molecule has 4 nitrogen and oxygen atoms in total. The number of aryl methyl sites for hydroxylation is 1. The van der Waals surface area contributed by atoms with Crippen LogP contribution in [0.3, 0.4) is 0 Å². The lowest BCUT2D eigenvalue weighted by Gasteiger charge is -2.23. The van der Waals surface area contributed by atoms with Crippen molar-refractivity contribution < 1.29 is 4.79 Å². The molecule has 0 atom stereocenters. The van der Waals surface area contributed by atoms with E-state index in [1.54, 1.807) is 17.5 Å².